The minimum absolute atomic E-state index is 0. The summed E-state index contributed by atoms with van der Waals surface area (Å²) >= 11 is 2.47. The van der Waals surface area contributed by atoms with Crippen LogP contribution in [0.1, 0.15) is 77.4 Å². The zero-order valence-electron chi connectivity index (χ0n) is 22.1. The second-order valence-corrected chi connectivity index (χ2v) is 9.74. The summed E-state index contributed by atoms with van der Waals surface area (Å²) < 4.78 is 4.85. The van der Waals surface area contributed by atoms with Crippen molar-refractivity contribution < 1.29 is 67.8 Å². The van der Waals surface area contributed by atoms with Crippen molar-refractivity contribution in [2.24, 2.45) is 0 Å². The van der Waals surface area contributed by atoms with Gasteiger partial charge in [0, 0.05) is 35.9 Å². The molecule has 0 spiro atoms. The molecule has 10 nitrogen and oxygen atoms in total. The SMILES string of the molecule is C=C(c1csc([C-]=O)n1)N1CCC[C@@H]1C.CCOC(=O)c1nc(C(=O)N2CCC[C@@H]2C)cs1.[Li+].[Li+].[OH-].[OH-]. The first kappa shape index (κ1) is 37.7. The molecule has 37 heavy (non-hydrogen) atoms. The van der Waals surface area contributed by atoms with E-state index in [0.29, 0.717) is 23.4 Å². The molecule has 0 unspecified atom stereocenters. The molecule has 2 aliphatic heterocycles. The van der Waals surface area contributed by atoms with Gasteiger partial charge >= 0.3 is 43.7 Å². The summed E-state index contributed by atoms with van der Waals surface area (Å²) in [6.07, 6.45) is 6.27. The minimum Gasteiger partial charge on any atom is -0.870 e. The van der Waals surface area contributed by atoms with E-state index in [0.717, 1.165) is 48.7 Å². The normalized spacial score (nSPS) is 17.6. The third-order valence-corrected chi connectivity index (χ3v) is 7.34. The van der Waals surface area contributed by atoms with E-state index < -0.39 is 5.97 Å². The van der Waals surface area contributed by atoms with Crippen LogP contribution in [0.25, 0.3) is 5.70 Å². The van der Waals surface area contributed by atoms with Crippen LogP contribution in [-0.2, 0) is 9.53 Å². The van der Waals surface area contributed by atoms with Crippen molar-refractivity contribution in [2.75, 3.05) is 19.7 Å². The van der Waals surface area contributed by atoms with Crippen molar-refractivity contribution >= 4 is 46.5 Å². The Hall–Kier alpha value is -1.48. The molecule has 1 amide bonds. The van der Waals surface area contributed by atoms with Crippen LogP contribution in [0.5, 0.6) is 0 Å². The van der Waals surface area contributed by atoms with Crippen LogP contribution in [0.4, 0.5) is 0 Å². The first-order valence-corrected chi connectivity index (χ1v) is 12.8. The Morgan fingerprint density at radius 1 is 1.03 bits per heavy atom. The molecule has 2 aromatic rings. The van der Waals surface area contributed by atoms with Crippen LogP contribution in [0.15, 0.2) is 17.3 Å². The molecule has 194 valence electrons. The van der Waals surface area contributed by atoms with Crippen molar-refractivity contribution in [3.05, 3.63) is 38.7 Å². The van der Waals surface area contributed by atoms with Gasteiger partial charge in [-0.25, -0.2) is 16.1 Å². The van der Waals surface area contributed by atoms with E-state index in [1.54, 1.807) is 18.6 Å². The van der Waals surface area contributed by atoms with Crippen LogP contribution in [0.2, 0.25) is 0 Å². The maximum Gasteiger partial charge on any atom is 1.00 e. The molecular formula is C23H31Li2N4O6S2-. The Labute approximate surface area is 249 Å². The maximum atomic E-state index is 12.2. The molecule has 2 saturated heterocycles. The van der Waals surface area contributed by atoms with Gasteiger partial charge in [-0.2, -0.15) is 11.3 Å². The third kappa shape index (κ3) is 9.65. The smallest absolute Gasteiger partial charge is 0.870 e. The number of carbonyl (C=O) groups is 2. The van der Waals surface area contributed by atoms with E-state index in [1.807, 2.05) is 17.2 Å². The molecule has 0 radical (unpaired) electrons. The fraction of sp³-hybridized carbons (Fsp3) is 0.522. The summed E-state index contributed by atoms with van der Waals surface area (Å²) in [4.78, 5) is 46.3. The van der Waals surface area contributed by atoms with Crippen molar-refractivity contribution in [3.8, 4) is 0 Å². The first-order valence-electron chi connectivity index (χ1n) is 11.1. The van der Waals surface area contributed by atoms with Crippen LogP contribution >= 0.6 is 22.7 Å². The van der Waals surface area contributed by atoms with Crippen LogP contribution in [0, 0.1) is 0 Å². The number of carbonyl (C=O) groups excluding carboxylic acids is 3. The van der Waals surface area contributed by atoms with Crippen molar-refractivity contribution in [1.29, 1.82) is 0 Å². The van der Waals surface area contributed by atoms with Crippen molar-refractivity contribution in [1.82, 2.24) is 19.8 Å². The average Bonchev–Trinajstić information content (AvgIpc) is 3.60. The number of nitrogens with zero attached hydrogens (tertiary/aromatic N) is 4. The second-order valence-electron chi connectivity index (χ2n) is 8.02. The van der Waals surface area contributed by atoms with E-state index in [2.05, 4.69) is 28.4 Å². The number of likely N-dealkylation sites (tertiary alicyclic amines) is 2. The van der Waals surface area contributed by atoms with E-state index >= 15 is 0 Å². The number of rotatable bonds is 6. The zero-order valence-corrected chi connectivity index (χ0v) is 23.7. The van der Waals surface area contributed by atoms with Crippen LogP contribution in [-0.4, -0.2) is 80.7 Å². The molecular weight excluding hydrogens is 506 g/mol. The van der Waals surface area contributed by atoms with Gasteiger partial charge in [0.05, 0.1) is 18.0 Å². The maximum absolute atomic E-state index is 12.2. The van der Waals surface area contributed by atoms with Crippen LogP contribution in [0.3, 0.4) is 0 Å². The predicted octanol–water partition coefficient (Wildman–Crippen LogP) is -2.35. The van der Waals surface area contributed by atoms with Gasteiger partial charge in [0.2, 0.25) is 5.01 Å². The van der Waals surface area contributed by atoms with Crippen LogP contribution < -0.4 is 37.7 Å². The summed E-state index contributed by atoms with van der Waals surface area (Å²) in [6, 6.07) is 0.785. The number of esters is 1. The molecule has 2 N–H and O–H groups in total. The van der Waals surface area contributed by atoms with Gasteiger partial charge < -0.3 is 30.3 Å². The summed E-state index contributed by atoms with van der Waals surface area (Å²) in [7, 11) is 0. The Morgan fingerprint density at radius 3 is 2.08 bits per heavy atom. The summed E-state index contributed by atoms with van der Waals surface area (Å²) in [5.74, 6) is -0.553. The van der Waals surface area contributed by atoms with E-state index in [1.165, 1.54) is 24.2 Å². The topological polar surface area (TPSA) is 153 Å². The van der Waals surface area contributed by atoms with Crippen molar-refractivity contribution in [3.63, 3.8) is 0 Å². The molecule has 0 aliphatic carbocycles. The Balaban J connectivity index is 0. The molecule has 2 aliphatic rings. The molecule has 4 heterocycles. The third-order valence-electron chi connectivity index (χ3n) is 5.77. The summed E-state index contributed by atoms with van der Waals surface area (Å²) in [5, 5.41) is 4.14. The molecule has 2 fully saturated rings. The number of hydrogen-bond acceptors (Lipinski definition) is 11. The standard InChI is InChI=1S/C12H16N2O3S.C11H13N2OS.2Li.2H2O/c1-3-17-12(16)10-13-9(7-18-10)11(15)14-6-4-5-8(14)2;1-8-4-3-5-13(8)9(2)10-7-15-11(6-14)12-10;;;;/h7-8H,3-6H2,1-2H3;7-8H,2-5H2,1H3;;;2*1H2/q;-1;2*+1;;/p-2/t2*8-;;;;/m00..../s1. The minimum atomic E-state index is -0.462. The molecule has 0 bridgehead atoms. The Kier molecular flexibility index (Phi) is 18.3. The monoisotopic (exact) mass is 537 g/mol. The number of thiazole rings is 2. The Bertz CT molecular complexity index is 1020. The fourth-order valence-electron chi connectivity index (χ4n) is 3.98. The van der Waals surface area contributed by atoms with Gasteiger partial charge in [-0.3, -0.25) is 9.78 Å². The van der Waals surface area contributed by atoms with Crippen molar-refractivity contribution in [2.45, 2.75) is 58.5 Å². The van der Waals surface area contributed by atoms with E-state index in [-0.39, 0.29) is 65.6 Å². The Morgan fingerprint density at radius 2 is 1.59 bits per heavy atom. The van der Waals surface area contributed by atoms with Gasteiger partial charge in [0.1, 0.15) is 5.69 Å². The molecule has 14 heteroatoms. The molecule has 4 rings (SSSR count). The molecule has 2 aromatic heterocycles. The number of ether oxygens (including phenoxy) is 1. The van der Waals surface area contributed by atoms with Gasteiger partial charge in [0.25, 0.3) is 5.91 Å². The zero-order chi connectivity index (χ0) is 24.0. The summed E-state index contributed by atoms with van der Waals surface area (Å²) in [6.45, 7) is 12.1. The number of amides is 1. The van der Waals surface area contributed by atoms with Gasteiger partial charge in [-0.15, -0.1) is 11.3 Å². The summed E-state index contributed by atoms with van der Waals surface area (Å²) in [5.41, 5.74) is 2.08. The molecule has 0 aromatic carbocycles. The molecule has 0 saturated carbocycles. The fourth-order valence-corrected chi connectivity index (χ4v) is 5.27. The van der Waals surface area contributed by atoms with Gasteiger partial charge in [0.15, 0.2) is 0 Å². The quantitative estimate of drug-likeness (QED) is 0.224. The number of hydrogen-bond donors (Lipinski definition) is 0. The van der Waals surface area contributed by atoms with Gasteiger partial charge in [-0.1, -0.05) is 6.58 Å². The largest absolute Gasteiger partial charge is 1.00 e. The van der Waals surface area contributed by atoms with E-state index in [4.69, 9.17) is 4.74 Å². The predicted molar refractivity (Wildman–Crippen MR) is 133 cm³/mol. The first-order chi connectivity index (χ1) is 15.8. The number of aromatic nitrogens is 2. The molecule has 2 atom stereocenters. The van der Waals surface area contributed by atoms with Gasteiger partial charge in [-0.05, 0) is 51.5 Å². The second kappa shape index (κ2) is 17.9. The van der Waals surface area contributed by atoms with E-state index in [9.17, 15) is 14.4 Å². The average molecular weight is 538 g/mol.